The Morgan fingerprint density at radius 3 is 2.69 bits per heavy atom. The lowest BCUT2D eigenvalue weighted by Gasteiger charge is -2.12. The molecule has 3 heterocycles. The van der Waals surface area contributed by atoms with Gasteiger partial charge in [-0.15, -0.1) is 0 Å². The molecule has 0 aliphatic heterocycles. The van der Waals surface area contributed by atoms with Crippen molar-refractivity contribution in [3.63, 3.8) is 0 Å². The number of anilines is 1. The van der Waals surface area contributed by atoms with Gasteiger partial charge < -0.3 is 19.0 Å². The minimum Gasteiger partial charge on any atom is -0.467 e. The van der Waals surface area contributed by atoms with Crippen molar-refractivity contribution >= 4 is 17.7 Å². The van der Waals surface area contributed by atoms with Crippen molar-refractivity contribution in [1.29, 1.82) is 5.26 Å². The first-order valence-electron chi connectivity index (χ1n) is 11.7. The molecular weight excluding hydrogens is 458 g/mol. The molecule has 0 spiro atoms. The van der Waals surface area contributed by atoms with E-state index in [4.69, 9.17) is 9.15 Å². The highest BCUT2D eigenvalue weighted by Gasteiger charge is 2.28. The van der Waals surface area contributed by atoms with E-state index in [0.29, 0.717) is 23.7 Å². The van der Waals surface area contributed by atoms with Crippen LogP contribution in [-0.4, -0.2) is 32.8 Å². The Hall–Kier alpha value is -4.58. The summed E-state index contributed by atoms with van der Waals surface area (Å²) in [5, 5.41) is 17.0. The van der Waals surface area contributed by atoms with E-state index in [1.165, 1.54) is 0 Å². The first-order valence-corrected chi connectivity index (χ1v) is 11.7. The lowest BCUT2D eigenvalue weighted by atomic mass is 10.2. The van der Waals surface area contributed by atoms with E-state index in [-0.39, 0.29) is 5.69 Å². The standard InChI is InChI=1S/C27H25N5O4/c1-17-18(2)31(15-20-10-7-13-35-20)26(22(17)14-28)29-24(33)16-36-27(34)25-21-11-6-12-23(21)32(30-25)19-8-4-3-5-9-19/h3-5,7-10,13H,6,11-12,15-16H2,1-2H3,(H,29,33). The van der Waals surface area contributed by atoms with E-state index in [2.05, 4.69) is 16.5 Å². The van der Waals surface area contributed by atoms with Gasteiger partial charge in [0.1, 0.15) is 17.6 Å². The van der Waals surface area contributed by atoms with Crippen LogP contribution in [0.15, 0.2) is 53.1 Å². The van der Waals surface area contributed by atoms with Crippen LogP contribution in [0.25, 0.3) is 5.69 Å². The fourth-order valence-corrected chi connectivity index (χ4v) is 4.64. The summed E-state index contributed by atoms with van der Waals surface area (Å²) in [4.78, 5) is 25.7. The Bertz CT molecular complexity index is 1470. The summed E-state index contributed by atoms with van der Waals surface area (Å²) >= 11 is 0. The third-order valence-corrected chi connectivity index (χ3v) is 6.55. The van der Waals surface area contributed by atoms with Crippen LogP contribution in [0.5, 0.6) is 0 Å². The molecule has 0 unspecified atom stereocenters. The second-order valence-corrected chi connectivity index (χ2v) is 8.71. The van der Waals surface area contributed by atoms with Gasteiger partial charge in [-0.2, -0.15) is 10.4 Å². The van der Waals surface area contributed by atoms with Gasteiger partial charge in [-0.25, -0.2) is 9.48 Å². The number of amides is 1. The van der Waals surface area contributed by atoms with Crippen LogP contribution in [0.1, 0.15) is 50.7 Å². The number of carbonyl (C=O) groups is 2. The van der Waals surface area contributed by atoms with E-state index >= 15 is 0 Å². The summed E-state index contributed by atoms with van der Waals surface area (Å²) in [5.41, 5.74) is 4.94. The third kappa shape index (κ3) is 4.18. The minimum atomic E-state index is -0.642. The fraction of sp³-hybridized carbons (Fsp3) is 0.259. The monoisotopic (exact) mass is 483 g/mol. The number of nitriles is 1. The zero-order valence-electron chi connectivity index (χ0n) is 20.1. The van der Waals surface area contributed by atoms with Crippen LogP contribution >= 0.6 is 0 Å². The molecule has 182 valence electrons. The van der Waals surface area contributed by atoms with Crippen molar-refractivity contribution in [2.24, 2.45) is 0 Å². The van der Waals surface area contributed by atoms with Gasteiger partial charge in [0.25, 0.3) is 5.91 Å². The number of fused-ring (bicyclic) bond motifs is 1. The predicted molar refractivity (Wildman–Crippen MR) is 131 cm³/mol. The molecule has 0 bridgehead atoms. The van der Waals surface area contributed by atoms with Crippen molar-refractivity contribution in [1.82, 2.24) is 14.3 Å². The summed E-state index contributed by atoms with van der Waals surface area (Å²) in [6, 6.07) is 15.4. The molecule has 0 atom stereocenters. The molecule has 1 aliphatic carbocycles. The van der Waals surface area contributed by atoms with Crippen LogP contribution in [0.2, 0.25) is 0 Å². The van der Waals surface area contributed by atoms with E-state index in [9.17, 15) is 14.9 Å². The first kappa shape index (κ1) is 23.2. The Kier molecular flexibility index (Phi) is 6.17. The molecule has 1 amide bonds. The van der Waals surface area contributed by atoms with Crippen molar-refractivity contribution in [3.8, 4) is 11.8 Å². The number of aromatic nitrogens is 3. The van der Waals surface area contributed by atoms with Crippen molar-refractivity contribution < 1.29 is 18.7 Å². The maximum absolute atomic E-state index is 12.9. The second-order valence-electron chi connectivity index (χ2n) is 8.71. The quantitative estimate of drug-likeness (QED) is 0.396. The van der Waals surface area contributed by atoms with Crippen LogP contribution < -0.4 is 5.32 Å². The first-order chi connectivity index (χ1) is 17.5. The number of hydrogen-bond acceptors (Lipinski definition) is 6. The summed E-state index contributed by atoms with van der Waals surface area (Å²) in [6.07, 6.45) is 4.07. The van der Waals surface area contributed by atoms with Crippen LogP contribution in [0.3, 0.4) is 0 Å². The van der Waals surface area contributed by atoms with Gasteiger partial charge in [0.15, 0.2) is 12.3 Å². The van der Waals surface area contributed by atoms with Crippen LogP contribution in [0, 0.1) is 25.2 Å². The zero-order chi connectivity index (χ0) is 25.2. The topological polar surface area (TPSA) is 115 Å². The van der Waals surface area contributed by atoms with E-state index in [1.807, 2.05) is 50.2 Å². The van der Waals surface area contributed by atoms with Gasteiger partial charge in [-0.05, 0) is 62.9 Å². The fourth-order valence-electron chi connectivity index (χ4n) is 4.64. The Balaban J connectivity index is 1.32. The lowest BCUT2D eigenvalue weighted by molar-refractivity contribution is -0.119. The number of rotatable bonds is 7. The highest BCUT2D eigenvalue weighted by molar-refractivity contribution is 5.96. The van der Waals surface area contributed by atoms with Crippen molar-refractivity contribution in [3.05, 3.63) is 88.3 Å². The molecule has 0 saturated heterocycles. The number of carbonyl (C=O) groups excluding carboxylic acids is 2. The maximum Gasteiger partial charge on any atom is 0.359 e. The molecular formula is C27H25N5O4. The van der Waals surface area contributed by atoms with Crippen molar-refractivity contribution in [2.75, 3.05) is 11.9 Å². The second kappa shape index (κ2) is 9.58. The van der Waals surface area contributed by atoms with E-state index in [0.717, 1.165) is 47.5 Å². The van der Waals surface area contributed by atoms with E-state index in [1.54, 1.807) is 21.6 Å². The largest absolute Gasteiger partial charge is 0.467 e. The highest BCUT2D eigenvalue weighted by Crippen LogP contribution is 2.29. The summed E-state index contributed by atoms with van der Waals surface area (Å²) in [5.74, 6) is -0.157. The molecule has 1 aliphatic rings. The number of esters is 1. The maximum atomic E-state index is 12.9. The molecule has 4 aromatic rings. The molecule has 0 fully saturated rings. The Morgan fingerprint density at radius 1 is 1.17 bits per heavy atom. The Labute approximate surface area is 207 Å². The average molecular weight is 484 g/mol. The van der Waals surface area contributed by atoms with Gasteiger partial charge in [-0.3, -0.25) is 4.79 Å². The zero-order valence-corrected chi connectivity index (χ0v) is 20.1. The SMILES string of the molecule is Cc1c(C#N)c(NC(=O)COC(=O)c2nn(-c3ccccc3)c3c2CCC3)n(Cc2ccco2)c1C. The molecule has 1 N–H and O–H groups in total. The van der Waals surface area contributed by atoms with Gasteiger partial charge in [0, 0.05) is 17.0 Å². The van der Waals surface area contributed by atoms with Crippen LogP contribution in [-0.2, 0) is 28.9 Å². The van der Waals surface area contributed by atoms with Gasteiger partial charge >= 0.3 is 5.97 Å². The smallest absolute Gasteiger partial charge is 0.359 e. The number of hydrogen-bond donors (Lipinski definition) is 1. The predicted octanol–water partition coefficient (Wildman–Crippen LogP) is 4.09. The Morgan fingerprint density at radius 2 is 1.97 bits per heavy atom. The summed E-state index contributed by atoms with van der Waals surface area (Å²) in [6.45, 7) is 3.55. The van der Waals surface area contributed by atoms with Gasteiger partial charge in [0.2, 0.25) is 0 Å². The normalized spacial score (nSPS) is 12.2. The number of benzene rings is 1. The molecule has 36 heavy (non-hydrogen) atoms. The van der Waals surface area contributed by atoms with Crippen molar-refractivity contribution in [2.45, 2.75) is 39.7 Å². The molecule has 0 radical (unpaired) electrons. The van der Waals surface area contributed by atoms with E-state index < -0.39 is 18.5 Å². The average Bonchev–Trinajstić information content (AvgIpc) is 3.67. The van der Waals surface area contributed by atoms with Gasteiger partial charge in [0.05, 0.1) is 24.1 Å². The minimum absolute atomic E-state index is 0.241. The highest BCUT2D eigenvalue weighted by atomic mass is 16.5. The molecule has 9 nitrogen and oxygen atoms in total. The summed E-state index contributed by atoms with van der Waals surface area (Å²) in [7, 11) is 0. The molecule has 3 aromatic heterocycles. The molecule has 1 aromatic carbocycles. The molecule has 0 saturated carbocycles. The third-order valence-electron chi connectivity index (χ3n) is 6.55. The lowest BCUT2D eigenvalue weighted by Crippen LogP contribution is -2.23. The number of ether oxygens (including phenoxy) is 1. The number of nitrogens with one attached hydrogen (secondary N) is 1. The number of nitrogens with zero attached hydrogens (tertiary/aromatic N) is 4. The molecule has 9 heteroatoms. The summed E-state index contributed by atoms with van der Waals surface area (Å²) < 4.78 is 14.4. The van der Waals surface area contributed by atoms with Gasteiger partial charge in [-0.1, -0.05) is 18.2 Å². The number of furan rings is 1. The van der Waals surface area contributed by atoms with Crippen LogP contribution in [0.4, 0.5) is 5.82 Å². The number of para-hydroxylation sites is 1. The molecule has 5 rings (SSSR count).